The van der Waals surface area contributed by atoms with E-state index in [2.05, 4.69) is 22.6 Å². The quantitative estimate of drug-likeness (QED) is 0.806. The number of carbonyl (C=O) groups is 2. The summed E-state index contributed by atoms with van der Waals surface area (Å²) in [6.45, 7) is 1.97. The molecule has 0 radical (unpaired) electrons. The van der Waals surface area contributed by atoms with E-state index in [1.807, 2.05) is 19.1 Å². The predicted octanol–water partition coefficient (Wildman–Crippen LogP) is 2.67. The Labute approximate surface area is 129 Å². The maximum atomic E-state index is 12.5. The summed E-state index contributed by atoms with van der Waals surface area (Å²) in [5.74, 6) is -0.660. The summed E-state index contributed by atoms with van der Waals surface area (Å²) in [6, 6.07) is 6.49. The number of carboxylic acids is 1. The van der Waals surface area contributed by atoms with Crippen LogP contribution in [0.25, 0.3) is 0 Å². The van der Waals surface area contributed by atoms with Crippen molar-refractivity contribution in [2.24, 2.45) is 0 Å². The average Bonchev–Trinajstić information content (AvgIpc) is 2.82. The molecule has 2 unspecified atom stereocenters. The highest BCUT2D eigenvalue weighted by Crippen LogP contribution is 2.32. The highest BCUT2D eigenvalue weighted by molar-refractivity contribution is 14.1. The molecule has 102 valence electrons. The van der Waals surface area contributed by atoms with E-state index in [1.165, 1.54) is 16.7 Å². The van der Waals surface area contributed by atoms with E-state index in [-0.39, 0.29) is 11.3 Å². The normalized spacial score (nSPS) is 22.5. The van der Waals surface area contributed by atoms with E-state index in [1.54, 1.807) is 12.1 Å². The summed E-state index contributed by atoms with van der Waals surface area (Å²) in [6.07, 6.45) is 0.755. The number of nitrogens with zero attached hydrogens (tertiary/aromatic N) is 1. The van der Waals surface area contributed by atoms with Gasteiger partial charge in [0.15, 0.2) is 0 Å². The fourth-order valence-corrected chi connectivity index (χ4v) is 3.79. The van der Waals surface area contributed by atoms with Gasteiger partial charge in [-0.2, -0.15) is 0 Å². The lowest BCUT2D eigenvalue weighted by Crippen LogP contribution is -2.45. The molecule has 1 fully saturated rings. The second-order valence-electron chi connectivity index (χ2n) is 4.27. The number of thioether (sulfide) groups is 1. The summed E-state index contributed by atoms with van der Waals surface area (Å²) < 4.78 is 1.05. The van der Waals surface area contributed by atoms with Crippen molar-refractivity contribution in [2.75, 3.05) is 5.75 Å². The van der Waals surface area contributed by atoms with Crippen molar-refractivity contribution >= 4 is 46.2 Å². The minimum Gasteiger partial charge on any atom is -0.480 e. The third-order valence-corrected chi connectivity index (χ3v) is 5.23. The number of aliphatic carboxylic acids is 1. The van der Waals surface area contributed by atoms with Crippen LogP contribution in [0.5, 0.6) is 0 Å². The number of amides is 1. The molecule has 1 amide bonds. The molecule has 0 bridgehead atoms. The Morgan fingerprint density at radius 2 is 2.05 bits per heavy atom. The summed E-state index contributed by atoms with van der Waals surface area (Å²) >= 11 is 3.71. The first-order valence-electron chi connectivity index (χ1n) is 5.97. The van der Waals surface area contributed by atoms with Crippen molar-refractivity contribution in [2.45, 2.75) is 24.8 Å². The van der Waals surface area contributed by atoms with Crippen molar-refractivity contribution in [3.05, 3.63) is 33.4 Å². The van der Waals surface area contributed by atoms with Crippen LogP contribution in [-0.2, 0) is 4.79 Å². The van der Waals surface area contributed by atoms with Gasteiger partial charge in [-0.1, -0.05) is 6.92 Å². The van der Waals surface area contributed by atoms with Crippen molar-refractivity contribution in [3.8, 4) is 0 Å². The number of rotatable bonds is 3. The number of halogens is 1. The van der Waals surface area contributed by atoms with E-state index in [0.29, 0.717) is 11.3 Å². The summed E-state index contributed by atoms with van der Waals surface area (Å²) in [5, 5.41) is 9.18. The number of carboxylic acid groups (broad SMARTS) is 1. The Kier molecular flexibility index (Phi) is 4.72. The fraction of sp³-hybridized carbons (Fsp3) is 0.385. The van der Waals surface area contributed by atoms with Crippen LogP contribution in [0.4, 0.5) is 0 Å². The van der Waals surface area contributed by atoms with Gasteiger partial charge in [0.2, 0.25) is 0 Å². The minimum atomic E-state index is -0.928. The van der Waals surface area contributed by atoms with Crippen LogP contribution in [0, 0.1) is 3.57 Å². The number of carbonyl (C=O) groups excluding carboxylic acids is 1. The van der Waals surface area contributed by atoms with Crippen molar-refractivity contribution < 1.29 is 14.7 Å². The molecule has 0 aliphatic carbocycles. The third kappa shape index (κ3) is 3.05. The molecule has 1 aliphatic rings. The largest absolute Gasteiger partial charge is 0.480 e. The van der Waals surface area contributed by atoms with Gasteiger partial charge in [0.25, 0.3) is 5.91 Å². The van der Waals surface area contributed by atoms with Crippen LogP contribution in [0.1, 0.15) is 23.7 Å². The maximum absolute atomic E-state index is 12.5. The smallest absolute Gasteiger partial charge is 0.327 e. The molecule has 2 rings (SSSR count). The lowest BCUT2D eigenvalue weighted by atomic mass is 10.1. The van der Waals surface area contributed by atoms with E-state index in [0.717, 1.165) is 9.99 Å². The zero-order valence-corrected chi connectivity index (χ0v) is 13.3. The van der Waals surface area contributed by atoms with E-state index >= 15 is 0 Å². The van der Waals surface area contributed by atoms with Crippen LogP contribution >= 0.6 is 34.4 Å². The first-order chi connectivity index (χ1) is 9.04. The van der Waals surface area contributed by atoms with Crippen LogP contribution in [0.3, 0.4) is 0 Å². The van der Waals surface area contributed by atoms with E-state index in [4.69, 9.17) is 0 Å². The Hall–Kier alpha value is -0.760. The Morgan fingerprint density at radius 3 is 2.58 bits per heavy atom. The molecule has 19 heavy (non-hydrogen) atoms. The molecule has 6 heteroatoms. The average molecular weight is 391 g/mol. The van der Waals surface area contributed by atoms with Gasteiger partial charge in [-0.05, 0) is 53.3 Å². The topological polar surface area (TPSA) is 57.6 Å². The first kappa shape index (κ1) is 14.6. The van der Waals surface area contributed by atoms with Gasteiger partial charge in [0.1, 0.15) is 6.04 Å². The molecule has 1 saturated heterocycles. The lowest BCUT2D eigenvalue weighted by molar-refractivity contribution is -0.141. The molecule has 0 aromatic heterocycles. The van der Waals surface area contributed by atoms with Crippen molar-refractivity contribution in [1.82, 2.24) is 4.90 Å². The van der Waals surface area contributed by atoms with Crippen LogP contribution in [0.2, 0.25) is 0 Å². The van der Waals surface area contributed by atoms with Gasteiger partial charge in [-0.15, -0.1) is 11.8 Å². The van der Waals surface area contributed by atoms with Crippen LogP contribution in [0.15, 0.2) is 24.3 Å². The molecule has 1 aromatic rings. The molecule has 0 saturated carbocycles. The zero-order chi connectivity index (χ0) is 14.0. The SMILES string of the molecule is CCC1SCC(C(=O)O)N1C(=O)c1ccc(I)cc1. The van der Waals surface area contributed by atoms with Crippen LogP contribution in [-0.4, -0.2) is 39.1 Å². The van der Waals surface area contributed by atoms with Crippen molar-refractivity contribution in [3.63, 3.8) is 0 Å². The highest BCUT2D eigenvalue weighted by Gasteiger charge is 2.40. The van der Waals surface area contributed by atoms with Crippen molar-refractivity contribution in [1.29, 1.82) is 0 Å². The van der Waals surface area contributed by atoms with Gasteiger partial charge in [0.05, 0.1) is 5.37 Å². The van der Waals surface area contributed by atoms with E-state index in [9.17, 15) is 14.7 Å². The zero-order valence-electron chi connectivity index (χ0n) is 10.4. The monoisotopic (exact) mass is 391 g/mol. The third-order valence-electron chi connectivity index (χ3n) is 3.05. The Bertz CT molecular complexity index is 491. The highest BCUT2D eigenvalue weighted by atomic mass is 127. The number of hydrogen-bond donors (Lipinski definition) is 1. The standard InChI is InChI=1S/C13H14INO3S/c1-2-11-15(10(7-19-11)13(17)18)12(16)8-3-5-9(14)6-4-8/h3-6,10-11H,2,7H2,1H3,(H,17,18). The molecule has 4 nitrogen and oxygen atoms in total. The van der Waals surface area contributed by atoms with Gasteiger partial charge in [-0.3, -0.25) is 4.79 Å². The Balaban J connectivity index is 2.28. The van der Waals surface area contributed by atoms with Gasteiger partial charge < -0.3 is 10.0 Å². The fourth-order valence-electron chi connectivity index (χ4n) is 2.08. The lowest BCUT2D eigenvalue weighted by Gasteiger charge is -2.26. The predicted molar refractivity (Wildman–Crippen MR) is 83.3 cm³/mol. The van der Waals surface area contributed by atoms with Crippen LogP contribution < -0.4 is 0 Å². The molecule has 2 atom stereocenters. The molecule has 0 spiro atoms. The molecule has 1 N–H and O–H groups in total. The summed E-state index contributed by atoms with van der Waals surface area (Å²) in [5.41, 5.74) is 0.549. The summed E-state index contributed by atoms with van der Waals surface area (Å²) in [4.78, 5) is 25.3. The second-order valence-corrected chi connectivity index (χ2v) is 6.73. The Morgan fingerprint density at radius 1 is 1.42 bits per heavy atom. The van der Waals surface area contributed by atoms with Gasteiger partial charge >= 0.3 is 5.97 Å². The van der Waals surface area contributed by atoms with E-state index < -0.39 is 12.0 Å². The maximum Gasteiger partial charge on any atom is 0.327 e. The number of hydrogen-bond acceptors (Lipinski definition) is 3. The number of benzene rings is 1. The minimum absolute atomic E-state index is 0.0483. The molecule has 1 heterocycles. The second kappa shape index (κ2) is 6.13. The van der Waals surface area contributed by atoms with Gasteiger partial charge in [-0.25, -0.2) is 4.79 Å². The molecular weight excluding hydrogens is 377 g/mol. The van der Waals surface area contributed by atoms with Gasteiger partial charge in [0, 0.05) is 14.9 Å². The first-order valence-corrected chi connectivity index (χ1v) is 8.10. The summed E-state index contributed by atoms with van der Waals surface area (Å²) in [7, 11) is 0. The molecule has 1 aromatic carbocycles. The molecule has 1 aliphatic heterocycles. The molecular formula is C13H14INO3S.